The van der Waals surface area contributed by atoms with E-state index in [-0.39, 0.29) is 63.6 Å². The van der Waals surface area contributed by atoms with Gasteiger partial charge in [-0.2, -0.15) is 18.4 Å². The van der Waals surface area contributed by atoms with Gasteiger partial charge in [0.2, 0.25) is 11.6 Å². The second-order valence-electron chi connectivity index (χ2n) is 12.3. The van der Waals surface area contributed by atoms with Crippen molar-refractivity contribution < 1.29 is 51.4 Å². The molecule has 0 radical (unpaired) electrons. The van der Waals surface area contributed by atoms with Crippen LogP contribution in [-0.4, -0.2) is 97.0 Å². The average molecular weight is 666 g/mol. The van der Waals surface area contributed by atoms with Gasteiger partial charge in [0.15, 0.2) is 23.1 Å². The number of carbonyl (C=O) groups excluding carboxylic acids is 5. The number of ketones is 4. The fraction of sp³-hybridized carbons (Fsp3) is 0.412. The van der Waals surface area contributed by atoms with Gasteiger partial charge in [-0.25, -0.2) is 4.79 Å². The lowest BCUT2D eigenvalue weighted by molar-refractivity contribution is -0.137. The van der Waals surface area contributed by atoms with Gasteiger partial charge in [-0.15, -0.1) is 0 Å². The molecule has 1 fully saturated rings. The maximum Gasteiger partial charge on any atom is 0.416 e. The minimum Gasteiger partial charge on any atom is -0.492 e. The third-order valence-electron chi connectivity index (χ3n) is 10.0. The number of carbonyl (C=O) groups is 5. The average Bonchev–Trinajstić information content (AvgIpc) is 3.05. The molecule has 250 valence electrons. The highest BCUT2D eigenvalue weighted by atomic mass is 19.4. The second-order valence-corrected chi connectivity index (χ2v) is 12.3. The number of piperazine rings is 1. The van der Waals surface area contributed by atoms with Crippen molar-refractivity contribution in [1.82, 2.24) is 9.80 Å². The molecule has 5 atom stereocenters. The number of benzene rings is 1. The Hall–Kier alpha value is -4.87. The third kappa shape index (κ3) is 4.75. The van der Waals surface area contributed by atoms with E-state index in [4.69, 9.17) is 14.2 Å². The van der Waals surface area contributed by atoms with Crippen molar-refractivity contribution in [2.75, 3.05) is 27.9 Å². The predicted octanol–water partition coefficient (Wildman–Crippen LogP) is 3.02. The number of halogens is 3. The Morgan fingerprint density at radius 1 is 0.917 bits per heavy atom. The fourth-order valence-electron chi connectivity index (χ4n) is 7.84. The molecule has 0 amide bonds. The summed E-state index contributed by atoms with van der Waals surface area (Å²) in [6.07, 6.45) is -4.81. The van der Waals surface area contributed by atoms with Crippen LogP contribution in [0, 0.1) is 11.3 Å². The highest BCUT2D eigenvalue weighted by Gasteiger charge is 2.60. The first-order valence-electron chi connectivity index (χ1n) is 15.1. The van der Waals surface area contributed by atoms with Gasteiger partial charge in [0.05, 0.1) is 43.5 Å². The number of allylic oxidation sites excluding steroid dienone is 4. The highest BCUT2D eigenvalue weighted by Crippen LogP contribution is 2.49. The third-order valence-corrected chi connectivity index (χ3v) is 10.0. The zero-order chi connectivity index (χ0) is 35.0. The number of esters is 1. The van der Waals surface area contributed by atoms with Crippen molar-refractivity contribution in [1.29, 1.82) is 5.26 Å². The maximum absolute atomic E-state index is 13.9. The molecule has 1 saturated heterocycles. The molecule has 5 aliphatic rings. The smallest absolute Gasteiger partial charge is 0.416 e. The zero-order valence-electron chi connectivity index (χ0n) is 26.6. The van der Waals surface area contributed by atoms with Crippen molar-refractivity contribution in [3.63, 3.8) is 0 Å². The largest absolute Gasteiger partial charge is 0.492 e. The van der Waals surface area contributed by atoms with Crippen LogP contribution in [0.15, 0.2) is 69.2 Å². The highest BCUT2D eigenvalue weighted by molar-refractivity contribution is 6.26. The summed E-state index contributed by atoms with van der Waals surface area (Å²) in [6, 6.07) is 1.30. The van der Waals surface area contributed by atoms with E-state index in [1.54, 1.807) is 11.9 Å². The monoisotopic (exact) mass is 665 g/mol. The van der Waals surface area contributed by atoms with Gasteiger partial charge >= 0.3 is 12.1 Å². The van der Waals surface area contributed by atoms with Crippen molar-refractivity contribution in [3.8, 4) is 6.07 Å². The van der Waals surface area contributed by atoms with E-state index in [1.165, 1.54) is 28.1 Å². The minimum atomic E-state index is -4.72. The van der Waals surface area contributed by atoms with Crippen LogP contribution in [0.4, 0.5) is 13.2 Å². The number of nitriles is 1. The van der Waals surface area contributed by atoms with Gasteiger partial charge in [0.25, 0.3) is 0 Å². The maximum atomic E-state index is 13.9. The number of nitrogens with zero attached hydrogens (tertiary/aromatic N) is 3. The lowest BCUT2D eigenvalue weighted by Crippen LogP contribution is -2.74. The van der Waals surface area contributed by atoms with Crippen LogP contribution in [0.5, 0.6) is 0 Å². The molecule has 14 heteroatoms. The lowest BCUT2D eigenvalue weighted by Gasteiger charge is -2.60. The van der Waals surface area contributed by atoms with Crippen LogP contribution in [0.3, 0.4) is 0 Å². The van der Waals surface area contributed by atoms with E-state index in [0.717, 1.165) is 18.2 Å². The number of alkyl halides is 3. The number of hydrogen-bond acceptors (Lipinski definition) is 11. The molecular formula is C34H30F3N3O8. The van der Waals surface area contributed by atoms with Crippen LogP contribution in [0.2, 0.25) is 0 Å². The van der Waals surface area contributed by atoms with Crippen molar-refractivity contribution in [3.05, 3.63) is 80.3 Å². The van der Waals surface area contributed by atoms with E-state index in [1.807, 2.05) is 4.90 Å². The van der Waals surface area contributed by atoms with E-state index in [2.05, 4.69) is 6.07 Å². The first-order chi connectivity index (χ1) is 22.7. The zero-order valence-corrected chi connectivity index (χ0v) is 26.6. The number of rotatable bonds is 5. The molecule has 3 aliphatic heterocycles. The summed E-state index contributed by atoms with van der Waals surface area (Å²) in [5.41, 5.74) is -0.850. The molecule has 48 heavy (non-hydrogen) atoms. The summed E-state index contributed by atoms with van der Waals surface area (Å²) in [7, 11) is 4.22. The molecule has 0 saturated carbocycles. The van der Waals surface area contributed by atoms with Gasteiger partial charge in [-0.05, 0) is 51.9 Å². The first kappa shape index (κ1) is 33.0. The molecule has 0 spiro atoms. The minimum absolute atomic E-state index is 0.0144. The molecule has 1 aromatic carbocycles. The van der Waals surface area contributed by atoms with Crippen molar-refractivity contribution in [2.45, 2.75) is 63.1 Å². The molecule has 2 aliphatic carbocycles. The number of hydrogen-bond donors (Lipinski definition) is 0. The lowest BCUT2D eigenvalue weighted by atomic mass is 9.67. The number of ether oxygens (including phenoxy) is 3. The molecule has 6 rings (SSSR count). The molecule has 2 bridgehead atoms. The molecule has 11 nitrogen and oxygen atoms in total. The van der Waals surface area contributed by atoms with Gasteiger partial charge in [-0.3, -0.25) is 29.0 Å². The van der Waals surface area contributed by atoms with E-state index in [0.29, 0.717) is 6.07 Å². The Kier molecular flexibility index (Phi) is 8.04. The van der Waals surface area contributed by atoms with E-state index < -0.39 is 77.4 Å². The van der Waals surface area contributed by atoms with Gasteiger partial charge in [0, 0.05) is 45.5 Å². The fourth-order valence-corrected chi connectivity index (χ4v) is 7.84. The molecule has 3 heterocycles. The Bertz CT molecular complexity index is 1880. The van der Waals surface area contributed by atoms with Crippen LogP contribution >= 0.6 is 0 Å². The summed E-state index contributed by atoms with van der Waals surface area (Å²) < 4.78 is 56.3. The number of Topliss-reactive ketones (excluding diaryl/α,β-unsaturated/α-hetero) is 4. The Morgan fingerprint density at radius 2 is 1.48 bits per heavy atom. The molecular weight excluding hydrogens is 635 g/mol. The van der Waals surface area contributed by atoms with Gasteiger partial charge < -0.3 is 14.2 Å². The van der Waals surface area contributed by atoms with Crippen LogP contribution in [-0.2, 0) is 39.6 Å². The summed E-state index contributed by atoms with van der Waals surface area (Å²) in [4.78, 5) is 71.8. The predicted molar refractivity (Wildman–Crippen MR) is 159 cm³/mol. The van der Waals surface area contributed by atoms with Crippen molar-refractivity contribution >= 4 is 29.1 Å². The van der Waals surface area contributed by atoms with Gasteiger partial charge in [-0.1, -0.05) is 6.07 Å². The SMILES string of the molecule is COC1=C(C)C(=O)C2=C(C1=O)[C@H]1[C@@H]3CC4=C(C(=O)C(OC)=C(C)C4=O)[C@H](COC(=O)c4cccc(C(F)(F)F)c4)N3[C@@H](C#N)[C@H](C2)N1C. The molecule has 1 aromatic rings. The van der Waals surface area contributed by atoms with Crippen LogP contribution < -0.4 is 0 Å². The summed E-state index contributed by atoms with van der Waals surface area (Å²) in [5.74, 6) is -3.53. The van der Waals surface area contributed by atoms with Crippen molar-refractivity contribution in [2.24, 2.45) is 0 Å². The number of fused-ring (bicyclic) bond motifs is 5. The van der Waals surface area contributed by atoms with E-state index in [9.17, 15) is 42.4 Å². The Balaban J connectivity index is 1.48. The number of methoxy groups -OCH3 is 2. The van der Waals surface area contributed by atoms with Gasteiger partial charge in [0.1, 0.15) is 12.6 Å². The molecule has 0 N–H and O–H groups in total. The molecule has 0 unspecified atom stereocenters. The normalized spacial score (nSPS) is 27.9. The topological polar surface area (TPSA) is 143 Å². The quantitative estimate of drug-likeness (QED) is 0.338. The summed E-state index contributed by atoms with van der Waals surface area (Å²) in [6.45, 7) is 2.30. The second kappa shape index (κ2) is 11.7. The summed E-state index contributed by atoms with van der Waals surface area (Å²) >= 11 is 0. The number of likely N-dealkylation sites (N-methyl/N-ethyl adjacent to an activating group) is 1. The Morgan fingerprint density at radius 3 is 2.04 bits per heavy atom. The van der Waals surface area contributed by atoms with Crippen LogP contribution in [0.25, 0.3) is 0 Å². The molecule has 0 aromatic heterocycles. The summed E-state index contributed by atoms with van der Waals surface area (Å²) in [5, 5.41) is 10.6. The Labute approximate surface area is 272 Å². The van der Waals surface area contributed by atoms with E-state index >= 15 is 0 Å². The van der Waals surface area contributed by atoms with Crippen LogP contribution in [0.1, 0.15) is 42.6 Å². The standard InChI is InChI=1S/C34H30F3N3O8/c1-14-27(41)18-11-21-26-25-19(28(42)15(2)32(47-5)30(25)44)10-20(39(26)3)22(12-38)40(21)23(24(18)29(43)31(14)46-4)13-48-33(45)16-7-6-8-17(9-16)34(35,36)37/h6-9,20-23,26H,10-11,13H2,1-5H3/t20-,21-,22-,23-,26+/m0/s1. The first-order valence-corrected chi connectivity index (χ1v) is 15.1.